The van der Waals surface area contributed by atoms with Gasteiger partial charge in [0.25, 0.3) is 0 Å². The first-order valence-electron chi connectivity index (χ1n) is 3.89. The summed E-state index contributed by atoms with van der Waals surface area (Å²) in [6.07, 6.45) is 3.39. The van der Waals surface area contributed by atoms with Gasteiger partial charge in [0.1, 0.15) is 5.75 Å². The Balaban J connectivity index is 2.87. The lowest BCUT2D eigenvalue weighted by Crippen LogP contribution is -1.85. The predicted molar refractivity (Wildman–Crippen MR) is 53.3 cm³/mol. The molecule has 0 aliphatic heterocycles. The van der Waals surface area contributed by atoms with Crippen molar-refractivity contribution >= 4 is 22.4 Å². The van der Waals surface area contributed by atoms with E-state index >= 15 is 0 Å². The third kappa shape index (κ3) is 1.33. The first-order valence-corrected chi connectivity index (χ1v) is 4.27. The quantitative estimate of drug-likeness (QED) is 0.695. The van der Waals surface area contributed by atoms with Gasteiger partial charge in [0.15, 0.2) is 0 Å². The van der Waals surface area contributed by atoms with Gasteiger partial charge in [-0.05, 0) is 6.07 Å². The maximum Gasteiger partial charge on any atom is 0.128 e. The molecular weight excluding hydrogens is 186 g/mol. The predicted octanol–water partition coefficient (Wildman–Crippen LogP) is 2.90. The van der Waals surface area contributed by atoms with E-state index in [-0.39, 0.29) is 0 Å². The minimum absolute atomic E-state index is 0.620. The molecule has 0 aliphatic carbocycles. The molecule has 0 spiro atoms. The number of fused-ring (bicyclic) bond motifs is 1. The molecule has 0 aliphatic rings. The number of methoxy groups -OCH3 is 1. The first-order chi connectivity index (χ1) is 6.33. The minimum atomic E-state index is 0.620. The summed E-state index contributed by atoms with van der Waals surface area (Å²) in [7, 11) is 1.63. The van der Waals surface area contributed by atoms with Crippen molar-refractivity contribution in [1.82, 2.24) is 4.98 Å². The Hall–Kier alpha value is -1.28. The molecule has 2 aromatic rings. The summed E-state index contributed by atoms with van der Waals surface area (Å²) in [5.74, 6) is 0.782. The molecule has 0 unspecified atom stereocenters. The SMILES string of the molecule is COc1cccc2cncc(Cl)c12. The molecule has 0 radical (unpaired) electrons. The lowest BCUT2D eigenvalue weighted by Gasteiger charge is -2.05. The first kappa shape index (κ1) is 8.32. The van der Waals surface area contributed by atoms with Gasteiger partial charge in [-0.15, -0.1) is 0 Å². The second-order valence-electron chi connectivity index (χ2n) is 2.68. The highest BCUT2D eigenvalue weighted by Crippen LogP contribution is 2.30. The van der Waals surface area contributed by atoms with E-state index in [4.69, 9.17) is 16.3 Å². The fourth-order valence-corrected chi connectivity index (χ4v) is 1.59. The van der Waals surface area contributed by atoms with Crippen LogP contribution >= 0.6 is 11.6 Å². The Morgan fingerprint density at radius 3 is 2.92 bits per heavy atom. The topological polar surface area (TPSA) is 22.1 Å². The molecule has 0 atom stereocenters. The van der Waals surface area contributed by atoms with Crippen LogP contribution in [0.1, 0.15) is 0 Å². The van der Waals surface area contributed by atoms with Gasteiger partial charge < -0.3 is 4.74 Å². The zero-order valence-electron chi connectivity index (χ0n) is 7.12. The van der Waals surface area contributed by atoms with Crippen molar-refractivity contribution in [3.05, 3.63) is 35.6 Å². The van der Waals surface area contributed by atoms with Crippen LogP contribution in [0.3, 0.4) is 0 Å². The van der Waals surface area contributed by atoms with E-state index < -0.39 is 0 Å². The summed E-state index contributed by atoms with van der Waals surface area (Å²) in [5, 5.41) is 2.53. The van der Waals surface area contributed by atoms with Crippen molar-refractivity contribution in [3.63, 3.8) is 0 Å². The van der Waals surface area contributed by atoms with E-state index in [9.17, 15) is 0 Å². The Labute approximate surface area is 81.1 Å². The normalized spacial score (nSPS) is 10.3. The summed E-state index contributed by atoms with van der Waals surface area (Å²) in [5.41, 5.74) is 0. The lowest BCUT2D eigenvalue weighted by atomic mass is 10.1. The van der Waals surface area contributed by atoms with Crippen molar-refractivity contribution < 1.29 is 4.74 Å². The standard InChI is InChI=1S/C10H8ClNO/c1-13-9-4-2-3-7-5-12-6-8(11)10(7)9/h2-6H,1H3. The van der Waals surface area contributed by atoms with Crippen LogP contribution in [0.5, 0.6) is 5.75 Å². The number of ether oxygens (including phenoxy) is 1. The molecule has 3 heteroatoms. The van der Waals surface area contributed by atoms with Crippen molar-refractivity contribution in [2.75, 3.05) is 7.11 Å². The number of hydrogen-bond acceptors (Lipinski definition) is 2. The molecule has 0 bridgehead atoms. The van der Waals surface area contributed by atoms with Crippen LogP contribution in [0.25, 0.3) is 10.8 Å². The largest absolute Gasteiger partial charge is 0.496 e. The number of nitrogens with zero attached hydrogens (tertiary/aromatic N) is 1. The average Bonchev–Trinajstić information content (AvgIpc) is 2.17. The van der Waals surface area contributed by atoms with Crippen molar-refractivity contribution in [2.24, 2.45) is 0 Å². The number of pyridine rings is 1. The van der Waals surface area contributed by atoms with E-state index in [1.165, 1.54) is 0 Å². The number of halogens is 1. The van der Waals surface area contributed by atoms with Gasteiger partial charge in [0.2, 0.25) is 0 Å². The molecule has 0 N–H and O–H groups in total. The zero-order chi connectivity index (χ0) is 9.26. The molecule has 2 rings (SSSR count). The molecule has 0 saturated heterocycles. The van der Waals surface area contributed by atoms with E-state index in [1.54, 1.807) is 19.5 Å². The van der Waals surface area contributed by atoms with Gasteiger partial charge in [-0.25, -0.2) is 0 Å². The van der Waals surface area contributed by atoms with Crippen molar-refractivity contribution in [3.8, 4) is 5.75 Å². The zero-order valence-corrected chi connectivity index (χ0v) is 7.88. The molecule has 66 valence electrons. The molecule has 1 heterocycles. The van der Waals surface area contributed by atoms with Gasteiger partial charge in [0.05, 0.1) is 12.1 Å². The highest BCUT2D eigenvalue weighted by Gasteiger charge is 2.04. The molecular formula is C10H8ClNO. The van der Waals surface area contributed by atoms with Crippen LogP contribution in [0.15, 0.2) is 30.6 Å². The molecule has 0 fully saturated rings. The Bertz CT molecular complexity index is 437. The fraction of sp³-hybridized carbons (Fsp3) is 0.100. The Kier molecular flexibility index (Phi) is 2.07. The van der Waals surface area contributed by atoms with E-state index in [0.29, 0.717) is 5.02 Å². The molecule has 1 aromatic carbocycles. The van der Waals surface area contributed by atoms with Crippen LogP contribution in [-0.4, -0.2) is 12.1 Å². The van der Waals surface area contributed by atoms with Crippen LogP contribution in [0, 0.1) is 0 Å². The second kappa shape index (κ2) is 3.23. The smallest absolute Gasteiger partial charge is 0.128 e. The number of rotatable bonds is 1. The van der Waals surface area contributed by atoms with E-state index in [2.05, 4.69) is 4.98 Å². The Morgan fingerprint density at radius 1 is 1.31 bits per heavy atom. The van der Waals surface area contributed by atoms with E-state index in [0.717, 1.165) is 16.5 Å². The molecule has 13 heavy (non-hydrogen) atoms. The van der Waals surface area contributed by atoms with Crippen molar-refractivity contribution in [2.45, 2.75) is 0 Å². The lowest BCUT2D eigenvalue weighted by molar-refractivity contribution is 0.420. The maximum atomic E-state index is 6.00. The van der Waals surface area contributed by atoms with Crippen LogP contribution < -0.4 is 4.74 Å². The van der Waals surface area contributed by atoms with Gasteiger partial charge in [-0.3, -0.25) is 4.98 Å². The van der Waals surface area contributed by atoms with Crippen molar-refractivity contribution in [1.29, 1.82) is 0 Å². The summed E-state index contributed by atoms with van der Waals surface area (Å²) >= 11 is 6.00. The minimum Gasteiger partial charge on any atom is -0.496 e. The van der Waals surface area contributed by atoms with Gasteiger partial charge >= 0.3 is 0 Å². The summed E-state index contributed by atoms with van der Waals surface area (Å²) in [4.78, 5) is 4.00. The van der Waals surface area contributed by atoms with Crippen LogP contribution in [-0.2, 0) is 0 Å². The third-order valence-corrected chi connectivity index (χ3v) is 2.21. The van der Waals surface area contributed by atoms with E-state index in [1.807, 2.05) is 18.2 Å². The van der Waals surface area contributed by atoms with Crippen LogP contribution in [0.4, 0.5) is 0 Å². The highest BCUT2D eigenvalue weighted by molar-refractivity contribution is 6.35. The molecule has 1 aromatic heterocycles. The summed E-state index contributed by atoms with van der Waals surface area (Å²) < 4.78 is 5.20. The number of benzene rings is 1. The number of hydrogen-bond donors (Lipinski definition) is 0. The maximum absolute atomic E-state index is 6.00. The number of aromatic nitrogens is 1. The average molecular weight is 194 g/mol. The van der Waals surface area contributed by atoms with Gasteiger partial charge in [0, 0.05) is 23.2 Å². The third-order valence-electron chi connectivity index (χ3n) is 1.92. The second-order valence-corrected chi connectivity index (χ2v) is 3.09. The Morgan fingerprint density at radius 2 is 2.15 bits per heavy atom. The van der Waals surface area contributed by atoms with Crippen LogP contribution in [0.2, 0.25) is 5.02 Å². The fourth-order valence-electron chi connectivity index (χ4n) is 1.33. The molecule has 0 amide bonds. The molecule has 0 saturated carbocycles. The highest BCUT2D eigenvalue weighted by atomic mass is 35.5. The summed E-state index contributed by atoms with van der Waals surface area (Å²) in [6.45, 7) is 0. The van der Waals surface area contributed by atoms with Gasteiger partial charge in [-0.1, -0.05) is 23.7 Å². The summed E-state index contributed by atoms with van der Waals surface area (Å²) in [6, 6.07) is 5.75. The monoisotopic (exact) mass is 193 g/mol. The molecule has 2 nitrogen and oxygen atoms in total. The van der Waals surface area contributed by atoms with Gasteiger partial charge in [-0.2, -0.15) is 0 Å².